The number of rotatable bonds is 4. The third-order valence-corrected chi connectivity index (χ3v) is 5.79. The zero-order valence-electron chi connectivity index (χ0n) is 16.8. The standard InChI is InChI=1S/C20H30N6O/c1-20(2,3)26-19(21-22-23-26)18(15-7-9-17(27-4)10-8-15)25-13-12-24-11-5-6-16(24)14-25/h7-10,16,18H,5-6,11-14H2,1-4H3/t16-,18-/m0/s1. The van der Waals surface area contributed by atoms with Crippen molar-refractivity contribution in [2.75, 3.05) is 33.3 Å². The average molecular weight is 371 g/mol. The highest BCUT2D eigenvalue weighted by atomic mass is 16.5. The van der Waals surface area contributed by atoms with Gasteiger partial charge in [0, 0.05) is 25.7 Å². The van der Waals surface area contributed by atoms with Crippen LogP contribution in [0.5, 0.6) is 5.75 Å². The highest BCUT2D eigenvalue weighted by Gasteiger charge is 2.37. The summed E-state index contributed by atoms with van der Waals surface area (Å²) < 4.78 is 7.33. The van der Waals surface area contributed by atoms with Gasteiger partial charge in [-0.05, 0) is 68.3 Å². The largest absolute Gasteiger partial charge is 0.497 e. The number of fused-ring (bicyclic) bond motifs is 1. The molecule has 0 amide bonds. The summed E-state index contributed by atoms with van der Waals surface area (Å²) in [4.78, 5) is 5.19. The molecule has 0 N–H and O–H groups in total. The summed E-state index contributed by atoms with van der Waals surface area (Å²) in [5.74, 6) is 1.78. The van der Waals surface area contributed by atoms with Gasteiger partial charge in [-0.1, -0.05) is 12.1 Å². The van der Waals surface area contributed by atoms with Crippen LogP contribution in [0.25, 0.3) is 0 Å². The molecule has 2 aliphatic rings. The lowest BCUT2D eigenvalue weighted by Crippen LogP contribution is -2.51. The Bertz CT molecular complexity index is 766. The number of piperazine rings is 1. The third-order valence-electron chi connectivity index (χ3n) is 5.79. The number of aromatic nitrogens is 4. The fraction of sp³-hybridized carbons (Fsp3) is 0.650. The van der Waals surface area contributed by atoms with Crippen LogP contribution in [0, 0.1) is 0 Å². The molecule has 4 rings (SSSR count). The zero-order valence-corrected chi connectivity index (χ0v) is 16.8. The van der Waals surface area contributed by atoms with Gasteiger partial charge in [0.05, 0.1) is 18.7 Å². The quantitative estimate of drug-likeness (QED) is 0.823. The van der Waals surface area contributed by atoms with Crippen molar-refractivity contribution in [1.29, 1.82) is 0 Å². The van der Waals surface area contributed by atoms with E-state index in [-0.39, 0.29) is 11.6 Å². The van der Waals surface area contributed by atoms with E-state index in [9.17, 15) is 0 Å². The van der Waals surface area contributed by atoms with Gasteiger partial charge in [-0.2, -0.15) is 0 Å². The predicted octanol–water partition coefficient (Wildman–Crippen LogP) is 2.31. The zero-order chi connectivity index (χ0) is 19.0. The molecule has 2 fully saturated rings. The number of nitrogens with zero attached hydrogens (tertiary/aromatic N) is 6. The molecule has 2 aliphatic heterocycles. The first kappa shape index (κ1) is 18.4. The van der Waals surface area contributed by atoms with Crippen LogP contribution in [-0.2, 0) is 5.54 Å². The Morgan fingerprint density at radius 3 is 2.59 bits per heavy atom. The molecule has 7 heteroatoms. The van der Waals surface area contributed by atoms with Gasteiger partial charge in [0.1, 0.15) is 5.75 Å². The van der Waals surface area contributed by atoms with Gasteiger partial charge < -0.3 is 4.74 Å². The van der Waals surface area contributed by atoms with E-state index in [2.05, 4.69) is 58.2 Å². The van der Waals surface area contributed by atoms with Crippen LogP contribution >= 0.6 is 0 Å². The summed E-state index contributed by atoms with van der Waals surface area (Å²) >= 11 is 0. The van der Waals surface area contributed by atoms with Crippen molar-refractivity contribution in [3.63, 3.8) is 0 Å². The molecule has 0 spiro atoms. The minimum Gasteiger partial charge on any atom is -0.497 e. The number of ether oxygens (including phenoxy) is 1. The maximum Gasteiger partial charge on any atom is 0.173 e. The van der Waals surface area contributed by atoms with Gasteiger partial charge in [-0.3, -0.25) is 9.80 Å². The van der Waals surface area contributed by atoms with E-state index in [0.717, 1.165) is 31.2 Å². The minimum atomic E-state index is -0.168. The van der Waals surface area contributed by atoms with Crippen molar-refractivity contribution in [1.82, 2.24) is 30.0 Å². The maximum atomic E-state index is 5.35. The molecule has 0 radical (unpaired) electrons. The van der Waals surface area contributed by atoms with Crippen LogP contribution in [0.15, 0.2) is 24.3 Å². The highest BCUT2D eigenvalue weighted by molar-refractivity contribution is 5.32. The first-order chi connectivity index (χ1) is 13.0. The molecule has 0 saturated carbocycles. The summed E-state index contributed by atoms with van der Waals surface area (Å²) in [5.41, 5.74) is 1.04. The van der Waals surface area contributed by atoms with Crippen molar-refractivity contribution in [2.45, 2.75) is 51.2 Å². The van der Waals surface area contributed by atoms with Crippen LogP contribution in [-0.4, -0.2) is 69.3 Å². The lowest BCUT2D eigenvalue weighted by Gasteiger charge is -2.41. The summed E-state index contributed by atoms with van der Waals surface area (Å²) in [5, 5.41) is 12.8. The molecule has 2 atom stereocenters. The van der Waals surface area contributed by atoms with Crippen LogP contribution < -0.4 is 4.74 Å². The van der Waals surface area contributed by atoms with E-state index in [1.54, 1.807) is 7.11 Å². The molecule has 27 heavy (non-hydrogen) atoms. The number of benzene rings is 1. The van der Waals surface area contributed by atoms with Gasteiger partial charge in [0.15, 0.2) is 5.82 Å². The van der Waals surface area contributed by atoms with Crippen molar-refractivity contribution in [3.05, 3.63) is 35.7 Å². The molecule has 146 valence electrons. The van der Waals surface area contributed by atoms with Gasteiger partial charge in [0.25, 0.3) is 0 Å². The smallest absolute Gasteiger partial charge is 0.173 e. The van der Waals surface area contributed by atoms with Crippen LogP contribution in [0.4, 0.5) is 0 Å². The molecule has 0 unspecified atom stereocenters. The normalized spacial score (nSPS) is 22.6. The summed E-state index contributed by atoms with van der Waals surface area (Å²) in [7, 11) is 1.70. The molecule has 2 saturated heterocycles. The highest BCUT2D eigenvalue weighted by Crippen LogP contribution is 2.34. The van der Waals surface area contributed by atoms with E-state index >= 15 is 0 Å². The first-order valence-electron chi connectivity index (χ1n) is 9.88. The molecule has 7 nitrogen and oxygen atoms in total. The summed E-state index contributed by atoms with van der Waals surface area (Å²) in [6.07, 6.45) is 2.60. The second-order valence-electron chi connectivity index (χ2n) is 8.62. The Balaban J connectivity index is 1.72. The van der Waals surface area contributed by atoms with Gasteiger partial charge in [-0.25, -0.2) is 4.68 Å². The lowest BCUT2D eigenvalue weighted by molar-refractivity contribution is 0.0776. The Hall–Kier alpha value is -1.99. The Labute approximate surface area is 161 Å². The second kappa shape index (κ2) is 7.20. The number of hydrogen-bond acceptors (Lipinski definition) is 6. The third kappa shape index (κ3) is 3.58. The molecular weight excluding hydrogens is 340 g/mol. The van der Waals surface area contributed by atoms with Crippen molar-refractivity contribution in [2.24, 2.45) is 0 Å². The van der Waals surface area contributed by atoms with E-state index < -0.39 is 0 Å². The van der Waals surface area contributed by atoms with E-state index in [1.165, 1.54) is 24.9 Å². The van der Waals surface area contributed by atoms with Crippen LogP contribution in [0.2, 0.25) is 0 Å². The molecule has 0 bridgehead atoms. The lowest BCUT2D eigenvalue weighted by atomic mass is 10.00. The molecule has 2 aromatic rings. The fourth-order valence-electron chi connectivity index (χ4n) is 4.40. The number of methoxy groups -OCH3 is 1. The van der Waals surface area contributed by atoms with E-state index in [4.69, 9.17) is 4.74 Å². The average Bonchev–Trinajstić information content (AvgIpc) is 3.31. The predicted molar refractivity (Wildman–Crippen MR) is 104 cm³/mol. The summed E-state index contributed by atoms with van der Waals surface area (Å²) in [6, 6.07) is 9.04. The van der Waals surface area contributed by atoms with Crippen molar-refractivity contribution in [3.8, 4) is 5.75 Å². The SMILES string of the molecule is COc1ccc([C@@H](c2nnnn2C(C)(C)C)N2CCN3CCC[C@H]3C2)cc1. The Morgan fingerprint density at radius 2 is 1.89 bits per heavy atom. The first-order valence-corrected chi connectivity index (χ1v) is 9.88. The molecular formula is C20H30N6O. The molecule has 0 aliphatic carbocycles. The number of tetrazole rings is 1. The van der Waals surface area contributed by atoms with E-state index in [0.29, 0.717) is 6.04 Å². The molecule has 1 aromatic heterocycles. The maximum absolute atomic E-state index is 5.35. The van der Waals surface area contributed by atoms with Gasteiger partial charge in [0.2, 0.25) is 0 Å². The minimum absolute atomic E-state index is 0.0490. The fourth-order valence-corrected chi connectivity index (χ4v) is 4.40. The van der Waals surface area contributed by atoms with Crippen LogP contribution in [0.3, 0.4) is 0 Å². The Morgan fingerprint density at radius 1 is 1.11 bits per heavy atom. The van der Waals surface area contributed by atoms with Crippen molar-refractivity contribution >= 4 is 0 Å². The molecule has 3 heterocycles. The van der Waals surface area contributed by atoms with Crippen LogP contribution in [0.1, 0.15) is 51.0 Å². The Kier molecular flexibility index (Phi) is 4.90. The second-order valence-corrected chi connectivity index (χ2v) is 8.62. The summed E-state index contributed by atoms with van der Waals surface area (Å²) in [6.45, 7) is 10.9. The number of hydrogen-bond donors (Lipinski definition) is 0. The topological polar surface area (TPSA) is 59.3 Å². The van der Waals surface area contributed by atoms with Gasteiger partial charge >= 0.3 is 0 Å². The van der Waals surface area contributed by atoms with Crippen molar-refractivity contribution < 1.29 is 4.74 Å². The molecule has 1 aromatic carbocycles. The monoisotopic (exact) mass is 370 g/mol. The van der Waals surface area contributed by atoms with E-state index in [1.807, 2.05) is 16.8 Å². The van der Waals surface area contributed by atoms with Gasteiger partial charge in [-0.15, -0.1) is 5.10 Å².